The van der Waals surface area contributed by atoms with Crippen LogP contribution in [-0.2, 0) is 80.6 Å². The maximum absolute atomic E-state index is 15.8. The maximum atomic E-state index is 15.8. The van der Waals surface area contributed by atoms with E-state index in [0.29, 0.717) is 12.3 Å². The fourth-order valence-electron chi connectivity index (χ4n) is 11.2. The van der Waals surface area contributed by atoms with Gasteiger partial charge in [0.25, 0.3) is 11.8 Å². The van der Waals surface area contributed by atoms with Gasteiger partial charge in [-0.15, -0.1) is 0 Å². The molecule has 500 valence electrons. The number of carbonyl (C=O) groups excluding carboxylic acids is 5. The van der Waals surface area contributed by atoms with Gasteiger partial charge in [0, 0.05) is 64.3 Å². The van der Waals surface area contributed by atoms with Gasteiger partial charge in [0.15, 0.2) is 27.1 Å². The highest BCUT2D eigenvalue weighted by atomic mass is 35.5. The molecule has 4 N–H and O–H groups in total. The van der Waals surface area contributed by atoms with Crippen molar-refractivity contribution in [1.82, 2.24) is 35.2 Å². The average molecular weight is 1390 g/mol. The first-order valence-corrected chi connectivity index (χ1v) is 33.2. The van der Waals surface area contributed by atoms with Gasteiger partial charge in [-0.3, -0.25) is 43.1 Å². The van der Waals surface area contributed by atoms with Crippen LogP contribution in [0.2, 0.25) is 5.02 Å². The Balaban J connectivity index is 1.32. The van der Waals surface area contributed by atoms with Gasteiger partial charge in [-0.25, -0.2) is 35.2 Å². The number of nitrogens with one attached hydrogen (secondary N) is 2. The van der Waals surface area contributed by atoms with Crippen molar-refractivity contribution in [3.8, 4) is 28.7 Å². The number of anilines is 1. The van der Waals surface area contributed by atoms with E-state index in [0.717, 1.165) is 68.6 Å². The minimum absolute atomic E-state index is 0.0245. The second kappa shape index (κ2) is 24.9. The summed E-state index contributed by atoms with van der Waals surface area (Å²) in [6.45, 7) is 4.93. The second-order valence-electron chi connectivity index (χ2n) is 23.8. The lowest BCUT2D eigenvalue weighted by atomic mass is 9.78. The van der Waals surface area contributed by atoms with Crippen LogP contribution in [-0.4, -0.2) is 110 Å². The molecule has 8 rings (SSSR count). The van der Waals surface area contributed by atoms with E-state index in [1.165, 1.54) is 34.6 Å². The lowest BCUT2D eigenvalue weighted by Crippen LogP contribution is -2.41. The van der Waals surface area contributed by atoms with Gasteiger partial charge in [-0.1, -0.05) is 37.4 Å². The number of halogens is 11. The second-order valence-corrected chi connectivity index (χ2v) is 29.8. The predicted octanol–water partition coefficient (Wildman–Crippen LogP) is 9.40. The van der Waals surface area contributed by atoms with Gasteiger partial charge < -0.3 is 15.2 Å². The first-order chi connectivity index (χ1) is 42.5. The summed E-state index contributed by atoms with van der Waals surface area (Å²) in [5.41, 5.74) is -9.20. The molecule has 3 aromatic heterocycles. The molecule has 1 fully saturated rings. The van der Waals surface area contributed by atoms with Crippen molar-refractivity contribution < 1.29 is 104 Å². The number of hydrogen-bond donors (Lipinski definition) is 4. The van der Waals surface area contributed by atoms with Crippen LogP contribution in [0.5, 0.6) is 5.75 Å². The molecular formula is C58H56ClF10N8O13PS2. The van der Waals surface area contributed by atoms with Gasteiger partial charge in [0.05, 0.1) is 40.0 Å². The van der Waals surface area contributed by atoms with Crippen LogP contribution in [0.4, 0.5) is 49.7 Å². The SMILES string of the molecule is CC(=O)C[C@H](NC(=O)c1cc(C)c(C(C)(C)CC(=O)N(c2nn(CC(F)(F)F)c3c(-c4ccc(C#CC(C)(C)S(C)(=O)=O)nc4[C@H](Cc4cc(F)cc(F)c4)NC(=O)Cn4nc(C(F)(F)F)c5c4C(F)(F)[C@@H]4C[C@H]54)ccc(Cl)c23)S(C)(=O)=O)c(OP(=O)(O)O)c1)C(C)=O. The quantitative estimate of drug-likeness (QED) is 0.0296. The van der Waals surface area contributed by atoms with Crippen LogP contribution >= 0.6 is 19.4 Å². The molecular weight excluding hydrogens is 1340 g/mol. The Hall–Kier alpha value is -7.76. The summed E-state index contributed by atoms with van der Waals surface area (Å²) in [6.07, 6.45) is -11.9. The van der Waals surface area contributed by atoms with E-state index in [1.807, 2.05) is 0 Å². The third kappa shape index (κ3) is 15.4. The molecule has 2 aliphatic rings. The lowest BCUT2D eigenvalue weighted by Gasteiger charge is -2.31. The monoisotopic (exact) mass is 1390 g/mol. The van der Waals surface area contributed by atoms with Gasteiger partial charge >= 0.3 is 20.2 Å². The number of ketones is 2. The number of phosphoric ester groups is 1. The van der Waals surface area contributed by atoms with Gasteiger partial charge in [0.1, 0.15) is 52.4 Å². The molecule has 3 amide bonds. The molecule has 2 aliphatic carbocycles. The van der Waals surface area contributed by atoms with Crippen molar-refractivity contribution in [2.75, 3.05) is 16.8 Å². The molecule has 6 aromatic rings. The third-order valence-electron chi connectivity index (χ3n) is 15.4. The predicted molar refractivity (Wildman–Crippen MR) is 314 cm³/mol. The molecule has 0 aliphatic heterocycles. The van der Waals surface area contributed by atoms with E-state index < -0.39 is 220 Å². The fourth-order valence-corrected chi connectivity index (χ4v) is 12.9. The molecule has 0 unspecified atom stereocenters. The number of sulfonamides is 1. The molecule has 93 heavy (non-hydrogen) atoms. The standard InChI is InChI=1S/C58H56ClF10N8O13PS2/c1-27-16-31(53(82)72-40(29(3)79)17-28(2)78)21-42(90-91(83,84)85)47(27)54(4,5)24-44(81)77(93(9,88)89)52-46-39(59)13-12-36(49(46)76(74-52)26-56(62,63)64)35-11-10-34(14-15-55(6,7)92(8,86)87)70-48(35)41(20-30-18-32(60)22-33(61)19-30)71-43(80)25-75-51-45(50(73-75)58(67,68)69)37-23-38(37)57(51,65)66/h10-13,16,18-19,21-22,37-38,40-41H,17,20,23-26H2,1-9H3,(H,71,80)(H,72,82)(H2,83,84,85)/t37-,38+,40-,41-/m0/s1. The number of fused-ring (bicyclic) bond motifs is 4. The summed E-state index contributed by atoms with van der Waals surface area (Å²) < 4.78 is 220. The average Bonchev–Trinajstić information content (AvgIpc) is 1.52. The van der Waals surface area contributed by atoms with Crippen LogP contribution in [0.1, 0.15) is 128 Å². The fraction of sp³-hybridized carbons (Fsp3) is 0.414. The highest BCUT2D eigenvalue weighted by Gasteiger charge is 2.68. The number of nitrogens with zero attached hydrogens (tertiary/aromatic N) is 6. The number of carbonyl (C=O) groups is 5. The molecule has 0 radical (unpaired) electrons. The van der Waals surface area contributed by atoms with Crippen molar-refractivity contribution in [2.45, 2.75) is 134 Å². The maximum Gasteiger partial charge on any atom is 0.524 e. The molecule has 35 heteroatoms. The van der Waals surface area contributed by atoms with Crippen molar-refractivity contribution >= 4 is 85.3 Å². The lowest BCUT2D eigenvalue weighted by molar-refractivity contribution is -0.143. The van der Waals surface area contributed by atoms with Crippen LogP contribution in [0.25, 0.3) is 22.0 Å². The summed E-state index contributed by atoms with van der Waals surface area (Å²) in [5.74, 6) is -11.0. The van der Waals surface area contributed by atoms with E-state index in [1.54, 1.807) is 0 Å². The van der Waals surface area contributed by atoms with Crippen LogP contribution in [0.3, 0.4) is 0 Å². The zero-order chi connectivity index (χ0) is 69.6. The minimum Gasteiger partial charge on any atom is -0.404 e. The summed E-state index contributed by atoms with van der Waals surface area (Å²) in [5, 5.41) is 10.8. The summed E-state index contributed by atoms with van der Waals surface area (Å²) in [7, 11) is -14.7. The summed E-state index contributed by atoms with van der Waals surface area (Å²) in [4.78, 5) is 91.8. The minimum atomic E-state index is -5.59. The number of pyridine rings is 1. The van der Waals surface area contributed by atoms with E-state index in [4.69, 9.17) is 16.1 Å². The number of hydrogen-bond acceptors (Lipinski definition) is 14. The molecule has 21 nitrogen and oxygen atoms in total. The smallest absolute Gasteiger partial charge is 0.404 e. The van der Waals surface area contributed by atoms with E-state index in [2.05, 4.69) is 37.7 Å². The normalized spacial score (nSPS) is 16.4. The zero-order valence-electron chi connectivity index (χ0n) is 50.2. The molecule has 0 spiro atoms. The van der Waals surface area contributed by atoms with Gasteiger partial charge in [0.2, 0.25) is 21.8 Å². The van der Waals surface area contributed by atoms with E-state index in [-0.39, 0.29) is 42.5 Å². The number of aromatic nitrogens is 5. The van der Waals surface area contributed by atoms with Crippen molar-refractivity contribution in [3.05, 3.63) is 122 Å². The Morgan fingerprint density at radius 2 is 1.52 bits per heavy atom. The first kappa shape index (κ1) is 71.1. The number of aryl methyl sites for hydroxylation is 1. The van der Waals surface area contributed by atoms with E-state index in [9.17, 15) is 68.3 Å². The van der Waals surface area contributed by atoms with Gasteiger partial charge in [-0.05, 0) is 113 Å². The zero-order valence-corrected chi connectivity index (χ0v) is 53.5. The molecule has 4 atom stereocenters. The van der Waals surface area contributed by atoms with E-state index >= 15 is 30.7 Å². The number of alkyl halides is 8. The molecule has 0 saturated heterocycles. The van der Waals surface area contributed by atoms with Crippen molar-refractivity contribution in [3.63, 3.8) is 0 Å². The van der Waals surface area contributed by atoms with Crippen molar-refractivity contribution in [1.29, 1.82) is 0 Å². The first-order valence-electron chi connectivity index (χ1n) is 27.5. The highest BCUT2D eigenvalue weighted by Crippen LogP contribution is 2.68. The number of sulfone groups is 1. The van der Waals surface area contributed by atoms with Crippen LogP contribution in [0.15, 0.2) is 54.6 Å². The molecule has 1 saturated carbocycles. The molecule has 3 aromatic carbocycles. The number of benzene rings is 3. The number of Topliss-reactive ketones (excluding diaryl/α,β-unsaturated/α-hetero) is 2. The molecule has 3 heterocycles. The number of rotatable bonds is 21. The largest absolute Gasteiger partial charge is 0.524 e. The number of amides is 3. The Kier molecular flexibility index (Phi) is 19.0. The summed E-state index contributed by atoms with van der Waals surface area (Å²) in [6, 6.07) is 4.89. The third-order valence-corrected chi connectivity index (χ3v) is 19.1. The Labute approximate surface area is 528 Å². The summed E-state index contributed by atoms with van der Waals surface area (Å²) >= 11 is 6.81. The topological polar surface area (TPSA) is 296 Å². The molecule has 0 bridgehead atoms. The highest BCUT2D eigenvalue weighted by molar-refractivity contribution is 7.93. The van der Waals surface area contributed by atoms with Crippen molar-refractivity contribution in [2.24, 2.45) is 5.92 Å². The van der Waals surface area contributed by atoms with Crippen LogP contribution < -0.4 is 19.5 Å². The number of phosphoric acid groups is 1. The Bertz CT molecular complexity index is 4460. The Morgan fingerprint density at radius 1 is 0.892 bits per heavy atom. The van der Waals surface area contributed by atoms with Crippen LogP contribution in [0, 0.1) is 36.3 Å². The Morgan fingerprint density at radius 3 is 2.08 bits per heavy atom. The van der Waals surface area contributed by atoms with Gasteiger partial charge in [-0.2, -0.15) is 49.6 Å².